The normalized spacial score (nSPS) is 18.5. The number of morpholine rings is 1. The Hall–Kier alpha value is -2.88. The van der Waals surface area contributed by atoms with Crippen molar-refractivity contribution >= 4 is 27.3 Å². The molecule has 2 aliphatic rings. The van der Waals surface area contributed by atoms with Gasteiger partial charge in [-0.3, -0.25) is 14.7 Å². The molecule has 1 atom stereocenters. The van der Waals surface area contributed by atoms with Crippen LogP contribution in [0.15, 0.2) is 41.3 Å². The molecule has 8 nitrogen and oxygen atoms in total. The lowest BCUT2D eigenvalue weighted by Gasteiger charge is -2.36. The fourth-order valence-corrected chi connectivity index (χ4v) is 5.63. The number of aromatic nitrogens is 4. The molecule has 37 heavy (non-hydrogen) atoms. The van der Waals surface area contributed by atoms with Crippen LogP contribution in [0.25, 0.3) is 11.3 Å². The predicted octanol–water partition coefficient (Wildman–Crippen LogP) is 4.74. The summed E-state index contributed by atoms with van der Waals surface area (Å²) in [7, 11) is 1.56. The number of methoxy groups -OCH3 is 1. The standard InChI is InChI=1S/C28H32BrN5O3/c1-18-12-20(15-30-27(18)21-4-6-23(7-5-21)33-8-10-37-11-9-33)13-26(35)24-17-32-34(19(24)2)25-14-22(29)16-31-28(25)36-3/h4,12,14-17,23H,5-11,13H2,1-3H3. The summed E-state index contributed by atoms with van der Waals surface area (Å²) < 4.78 is 13.4. The fraction of sp³-hybridized carbons (Fsp3) is 0.429. The third-order valence-electron chi connectivity index (χ3n) is 7.28. The smallest absolute Gasteiger partial charge is 0.239 e. The maximum absolute atomic E-state index is 13.2. The molecule has 4 heterocycles. The second kappa shape index (κ2) is 11.2. The van der Waals surface area contributed by atoms with Crippen molar-refractivity contribution in [3.63, 3.8) is 0 Å². The van der Waals surface area contributed by atoms with Crippen LogP contribution in [-0.4, -0.2) is 69.9 Å². The lowest BCUT2D eigenvalue weighted by molar-refractivity contribution is 0.0150. The molecule has 1 fully saturated rings. The number of Topliss-reactive ketones (excluding diaryl/α,β-unsaturated/α-hetero) is 1. The summed E-state index contributed by atoms with van der Waals surface area (Å²) in [4.78, 5) is 24.9. The Balaban J connectivity index is 1.28. The molecule has 0 N–H and O–H groups in total. The molecule has 1 unspecified atom stereocenters. The van der Waals surface area contributed by atoms with Gasteiger partial charge in [0.25, 0.3) is 0 Å². The van der Waals surface area contributed by atoms with E-state index in [0.29, 0.717) is 23.2 Å². The second-order valence-corrected chi connectivity index (χ2v) is 10.6. The molecule has 1 aliphatic heterocycles. The number of ketones is 1. The third kappa shape index (κ3) is 5.54. The Labute approximate surface area is 225 Å². The lowest BCUT2D eigenvalue weighted by Crippen LogP contribution is -2.43. The minimum absolute atomic E-state index is 0.00450. The maximum atomic E-state index is 13.2. The van der Waals surface area contributed by atoms with Gasteiger partial charge in [0, 0.05) is 42.4 Å². The van der Waals surface area contributed by atoms with Crippen molar-refractivity contribution in [2.24, 2.45) is 0 Å². The van der Waals surface area contributed by atoms with E-state index in [1.807, 2.05) is 19.2 Å². The van der Waals surface area contributed by atoms with Gasteiger partial charge < -0.3 is 9.47 Å². The van der Waals surface area contributed by atoms with E-state index in [-0.39, 0.29) is 12.2 Å². The van der Waals surface area contributed by atoms with Crippen molar-refractivity contribution in [2.45, 2.75) is 45.6 Å². The topological polar surface area (TPSA) is 82.4 Å². The molecule has 1 aliphatic carbocycles. The third-order valence-corrected chi connectivity index (χ3v) is 7.71. The highest BCUT2D eigenvalue weighted by molar-refractivity contribution is 9.10. The zero-order valence-corrected chi connectivity index (χ0v) is 23.1. The van der Waals surface area contributed by atoms with E-state index in [9.17, 15) is 4.79 Å². The van der Waals surface area contributed by atoms with Crippen LogP contribution in [0.2, 0.25) is 0 Å². The molecule has 0 radical (unpaired) electrons. The van der Waals surface area contributed by atoms with Gasteiger partial charge >= 0.3 is 0 Å². The molecule has 0 amide bonds. The Morgan fingerprint density at radius 2 is 1.97 bits per heavy atom. The predicted molar refractivity (Wildman–Crippen MR) is 145 cm³/mol. The molecule has 3 aromatic rings. The molecular formula is C28H32BrN5O3. The first kappa shape index (κ1) is 25.8. The molecule has 0 bridgehead atoms. The summed E-state index contributed by atoms with van der Waals surface area (Å²) in [5.41, 5.74) is 6.37. The highest BCUT2D eigenvalue weighted by Gasteiger charge is 2.24. The average molecular weight is 567 g/mol. The van der Waals surface area contributed by atoms with Crippen LogP contribution in [0, 0.1) is 13.8 Å². The maximum Gasteiger partial charge on any atom is 0.239 e. The number of hydrogen-bond acceptors (Lipinski definition) is 7. The molecule has 5 rings (SSSR count). The highest BCUT2D eigenvalue weighted by atomic mass is 79.9. The van der Waals surface area contributed by atoms with Gasteiger partial charge in [0.2, 0.25) is 5.88 Å². The minimum Gasteiger partial charge on any atom is -0.479 e. The monoisotopic (exact) mass is 565 g/mol. The number of hydrogen-bond donors (Lipinski definition) is 0. The number of halogens is 1. The highest BCUT2D eigenvalue weighted by Crippen LogP contribution is 2.31. The number of ether oxygens (including phenoxy) is 2. The quantitative estimate of drug-likeness (QED) is 0.382. The zero-order chi connectivity index (χ0) is 25.9. The molecule has 0 spiro atoms. The summed E-state index contributed by atoms with van der Waals surface area (Å²) >= 11 is 3.45. The molecule has 3 aromatic heterocycles. The van der Waals surface area contributed by atoms with E-state index in [1.54, 1.807) is 24.2 Å². The minimum atomic E-state index is 0.00450. The van der Waals surface area contributed by atoms with E-state index >= 15 is 0 Å². The van der Waals surface area contributed by atoms with Crippen LogP contribution in [-0.2, 0) is 11.2 Å². The first-order valence-electron chi connectivity index (χ1n) is 12.7. The van der Waals surface area contributed by atoms with Crippen LogP contribution < -0.4 is 4.74 Å². The summed E-state index contributed by atoms with van der Waals surface area (Å²) in [6.45, 7) is 7.69. The fourth-order valence-electron chi connectivity index (χ4n) is 5.31. The Morgan fingerprint density at radius 3 is 2.68 bits per heavy atom. The molecule has 194 valence electrons. The molecular weight excluding hydrogens is 534 g/mol. The van der Waals surface area contributed by atoms with Crippen molar-refractivity contribution < 1.29 is 14.3 Å². The Bertz CT molecular complexity index is 1330. The summed E-state index contributed by atoms with van der Waals surface area (Å²) in [6, 6.07) is 4.56. The average Bonchev–Trinajstić information content (AvgIpc) is 3.30. The number of carbonyl (C=O) groups is 1. The van der Waals surface area contributed by atoms with E-state index in [0.717, 1.165) is 72.6 Å². The SMILES string of the molecule is COc1ncc(Br)cc1-n1ncc(C(=O)Cc2cnc(C3=CCC(N4CCOCC4)CC3)c(C)c2)c1C. The molecule has 1 saturated heterocycles. The van der Waals surface area contributed by atoms with Gasteiger partial charge in [-0.1, -0.05) is 12.1 Å². The number of pyridine rings is 2. The van der Waals surface area contributed by atoms with Gasteiger partial charge in [-0.15, -0.1) is 0 Å². The van der Waals surface area contributed by atoms with Crippen LogP contribution in [0.3, 0.4) is 0 Å². The summed E-state index contributed by atoms with van der Waals surface area (Å²) in [6.07, 6.45) is 11.0. The number of allylic oxidation sites excluding steroid dienone is 1. The van der Waals surface area contributed by atoms with Crippen LogP contribution in [0.5, 0.6) is 5.88 Å². The van der Waals surface area contributed by atoms with Crippen molar-refractivity contribution in [1.82, 2.24) is 24.6 Å². The van der Waals surface area contributed by atoms with Gasteiger partial charge in [-0.2, -0.15) is 5.10 Å². The Kier molecular flexibility index (Phi) is 7.83. The van der Waals surface area contributed by atoms with Crippen LogP contribution in [0.4, 0.5) is 0 Å². The number of nitrogens with zero attached hydrogens (tertiary/aromatic N) is 5. The van der Waals surface area contributed by atoms with Crippen molar-refractivity contribution in [1.29, 1.82) is 0 Å². The number of rotatable bonds is 7. The van der Waals surface area contributed by atoms with Crippen molar-refractivity contribution in [3.05, 3.63) is 69.4 Å². The van der Waals surface area contributed by atoms with Crippen LogP contribution >= 0.6 is 15.9 Å². The van der Waals surface area contributed by atoms with Gasteiger partial charge in [0.05, 0.1) is 43.5 Å². The summed E-state index contributed by atoms with van der Waals surface area (Å²) in [5.74, 6) is 0.446. The van der Waals surface area contributed by atoms with E-state index in [4.69, 9.17) is 14.5 Å². The second-order valence-electron chi connectivity index (χ2n) is 9.65. The molecule has 0 aromatic carbocycles. The lowest BCUT2D eigenvalue weighted by atomic mass is 9.90. The largest absolute Gasteiger partial charge is 0.479 e. The Morgan fingerprint density at radius 1 is 1.16 bits per heavy atom. The van der Waals surface area contributed by atoms with Gasteiger partial charge in [0.1, 0.15) is 5.69 Å². The zero-order valence-electron chi connectivity index (χ0n) is 21.5. The first-order chi connectivity index (χ1) is 17.9. The van der Waals surface area contributed by atoms with Gasteiger partial charge in [-0.05, 0) is 71.8 Å². The van der Waals surface area contributed by atoms with E-state index < -0.39 is 0 Å². The van der Waals surface area contributed by atoms with E-state index in [2.05, 4.69) is 50.0 Å². The van der Waals surface area contributed by atoms with Crippen molar-refractivity contribution in [3.8, 4) is 11.6 Å². The van der Waals surface area contributed by atoms with E-state index in [1.165, 1.54) is 5.57 Å². The van der Waals surface area contributed by atoms with Gasteiger partial charge in [-0.25, -0.2) is 9.67 Å². The number of carbonyl (C=O) groups excluding carboxylic acids is 1. The number of aryl methyl sites for hydroxylation is 1. The first-order valence-corrected chi connectivity index (χ1v) is 13.5. The molecule has 0 saturated carbocycles. The van der Waals surface area contributed by atoms with Crippen LogP contribution in [0.1, 0.15) is 52.1 Å². The summed E-state index contributed by atoms with van der Waals surface area (Å²) in [5, 5.41) is 4.45. The molecule has 9 heteroatoms. The van der Waals surface area contributed by atoms with Crippen molar-refractivity contribution in [2.75, 3.05) is 33.4 Å². The van der Waals surface area contributed by atoms with Gasteiger partial charge in [0.15, 0.2) is 5.78 Å².